The lowest BCUT2D eigenvalue weighted by Crippen LogP contribution is -2.62. The molecule has 4 amide bonds. The molecular formula is C39H46N4O7S. The summed E-state index contributed by atoms with van der Waals surface area (Å²) in [6.45, 7) is 8.67. The summed E-state index contributed by atoms with van der Waals surface area (Å²) < 4.78 is 9.18. The van der Waals surface area contributed by atoms with E-state index in [4.69, 9.17) is 9.47 Å². The van der Waals surface area contributed by atoms with Crippen molar-refractivity contribution in [2.24, 2.45) is 0 Å². The minimum atomic E-state index is -1.14. The quantitative estimate of drug-likeness (QED) is 0.171. The van der Waals surface area contributed by atoms with E-state index in [9.17, 15) is 24.0 Å². The number of carbonyl (C=O) groups is 5. The molecule has 1 aliphatic heterocycles. The predicted octanol–water partition coefficient (Wildman–Crippen LogP) is 5.77. The van der Waals surface area contributed by atoms with E-state index < -0.39 is 46.3 Å². The number of amides is 4. The fourth-order valence-corrected chi connectivity index (χ4v) is 6.69. The van der Waals surface area contributed by atoms with E-state index in [1.165, 1.54) is 41.8 Å². The van der Waals surface area contributed by atoms with Crippen LogP contribution in [0.5, 0.6) is 0 Å². The molecule has 51 heavy (non-hydrogen) atoms. The first-order valence-corrected chi connectivity index (χ1v) is 17.5. The molecule has 2 aliphatic rings. The predicted molar refractivity (Wildman–Crippen MR) is 197 cm³/mol. The zero-order chi connectivity index (χ0) is 37.1. The van der Waals surface area contributed by atoms with Crippen molar-refractivity contribution in [3.05, 3.63) is 100 Å². The molecule has 0 spiro atoms. The molecule has 5 rings (SSSR count). The highest BCUT2D eigenvalue weighted by Gasteiger charge is 2.43. The summed E-state index contributed by atoms with van der Waals surface area (Å²) >= 11 is 4.69. The molecule has 0 aromatic heterocycles. The zero-order valence-electron chi connectivity index (χ0n) is 29.9. The molecule has 1 aliphatic carbocycles. The summed E-state index contributed by atoms with van der Waals surface area (Å²) in [5.74, 6) is -1.68. The van der Waals surface area contributed by atoms with Crippen LogP contribution in [0.2, 0.25) is 0 Å². The molecule has 0 bridgehead atoms. The van der Waals surface area contributed by atoms with Crippen molar-refractivity contribution in [2.75, 3.05) is 12.4 Å². The van der Waals surface area contributed by atoms with Crippen molar-refractivity contribution >= 4 is 48.1 Å². The van der Waals surface area contributed by atoms with Crippen LogP contribution in [-0.2, 0) is 38.4 Å². The second-order valence-corrected chi connectivity index (χ2v) is 15.7. The highest BCUT2D eigenvalue weighted by atomic mass is 32.1. The number of ether oxygens (including phenoxy) is 2. The average Bonchev–Trinajstić information content (AvgIpc) is 3.08. The van der Waals surface area contributed by atoms with E-state index in [1.54, 1.807) is 46.8 Å². The van der Waals surface area contributed by atoms with Gasteiger partial charge in [-0.1, -0.05) is 30.3 Å². The largest absolute Gasteiger partial charge is 0.465 e. The molecule has 12 heteroatoms. The first-order valence-electron chi connectivity index (χ1n) is 17.1. The minimum absolute atomic E-state index is 0.0431. The first-order chi connectivity index (χ1) is 24.0. The van der Waals surface area contributed by atoms with Gasteiger partial charge in [-0.05, 0) is 113 Å². The Balaban J connectivity index is 1.43. The van der Waals surface area contributed by atoms with E-state index >= 15 is 0 Å². The van der Waals surface area contributed by atoms with E-state index in [-0.39, 0.29) is 24.9 Å². The van der Waals surface area contributed by atoms with E-state index in [1.807, 2.05) is 24.3 Å². The first kappa shape index (κ1) is 37.4. The molecule has 0 saturated carbocycles. The van der Waals surface area contributed by atoms with E-state index in [0.717, 1.165) is 36.0 Å². The van der Waals surface area contributed by atoms with Gasteiger partial charge in [0.2, 0.25) is 11.8 Å². The molecular weight excluding hydrogens is 669 g/mol. The number of esters is 1. The standard InChI is InChI=1S/C39H46N4O7S/c1-38(2,3)50-37(48)42-32(39(4,5)51)35(46)43-22-27-20-28(40-33(44)24-14-16-25(17-15-24)36(47)49-6)19-18-26(27)21-31(43)34(45)41-30-13-9-11-23-10-7-8-12-29(23)30/h7-8,10,12,14-20,30-32,51H,9,11,13,21-22H2,1-6H3,(H,40,44)(H,41,45)(H,42,48). The van der Waals surface area contributed by atoms with Crippen molar-refractivity contribution < 1.29 is 33.4 Å². The third kappa shape index (κ3) is 9.10. The molecule has 3 aromatic carbocycles. The lowest BCUT2D eigenvalue weighted by atomic mass is 9.87. The molecule has 3 aromatic rings. The number of hydrogen-bond donors (Lipinski definition) is 4. The van der Waals surface area contributed by atoms with Crippen LogP contribution in [0.15, 0.2) is 66.7 Å². The Bertz CT molecular complexity index is 1810. The van der Waals surface area contributed by atoms with E-state index in [2.05, 4.69) is 34.6 Å². The molecule has 270 valence electrons. The van der Waals surface area contributed by atoms with Crippen LogP contribution in [0.25, 0.3) is 0 Å². The molecule has 3 N–H and O–H groups in total. The molecule has 1 heterocycles. The van der Waals surface area contributed by atoms with Gasteiger partial charge in [-0.3, -0.25) is 14.4 Å². The number of fused-ring (bicyclic) bond motifs is 2. The number of hydrogen-bond acceptors (Lipinski definition) is 8. The number of anilines is 1. The molecule has 11 nitrogen and oxygen atoms in total. The Kier molecular flexibility index (Phi) is 11.1. The van der Waals surface area contributed by atoms with Gasteiger partial charge >= 0.3 is 12.1 Å². The highest BCUT2D eigenvalue weighted by molar-refractivity contribution is 7.81. The Morgan fingerprint density at radius 2 is 1.57 bits per heavy atom. The summed E-state index contributed by atoms with van der Waals surface area (Å²) in [6, 6.07) is 17.3. The number of nitrogens with one attached hydrogen (secondary N) is 3. The number of alkyl carbamates (subject to hydrolysis) is 1. The Hall–Kier alpha value is -4.84. The van der Waals surface area contributed by atoms with Crippen LogP contribution >= 0.6 is 12.6 Å². The van der Waals surface area contributed by atoms with Crippen molar-refractivity contribution in [2.45, 2.75) is 95.3 Å². The number of methoxy groups -OCH3 is 1. The average molecular weight is 715 g/mol. The van der Waals surface area contributed by atoms with Gasteiger partial charge < -0.3 is 30.3 Å². The van der Waals surface area contributed by atoms with Crippen LogP contribution in [0.1, 0.15) is 96.5 Å². The van der Waals surface area contributed by atoms with Crippen LogP contribution in [0, 0.1) is 0 Å². The summed E-state index contributed by atoms with van der Waals surface area (Å²) in [5, 5.41) is 8.83. The Labute approximate surface area is 304 Å². The second kappa shape index (κ2) is 15.2. The van der Waals surface area contributed by atoms with E-state index in [0.29, 0.717) is 16.8 Å². The number of rotatable bonds is 8. The summed E-state index contributed by atoms with van der Waals surface area (Å²) in [4.78, 5) is 68.1. The van der Waals surface area contributed by atoms with Crippen molar-refractivity contribution in [3.8, 4) is 0 Å². The maximum Gasteiger partial charge on any atom is 0.408 e. The van der Waals surface area contributed by atoms with Gasteiger partial charge in [0.25, 0.3) is 5.91 Å². The molecule has 0 radical (unpaired) electrons. The monoisotopic (exact) mass is 714 g/mol. The summed E-state index contributed by atoms with van der Waals surface area (Å²) in [7, 11) is 1.29. The fraction of sp³-hybridized carbons (Fsp3) is 0.410. The summed E-state index contributed by atoms with van der Waals surface area (Å²) in [6.07, 6.45) is 2.09. The topological polar surface area (TPSA) is 143 Å². The van der Waals surface area contributed by atoms with Crippen LogP contribution < -0.4 is 16.0 Å². The maximum absolute atomic E-state index is 14.5. The fourth-order valence-electron chi connectivity index (χ4n) is 6.51. The van der Waals surface area contributed by atoms with Crippen LogP contribution in [0.3, 0.4) is 0 Å². The van der Waals surface area contributed by atoms with Crippen molar-refractivity contribution in [1.82, 2.24) is 15.5 Å². The van der Waals surface area contributed by atoms with Gasteiger partial charge in [-0.25, -0.2) is 9.59 Å². The van der Waals surface area contributed by atoms with Crippen LogP contribution in [-0.4, -0.2) is 64.2 Å². The van der Waals surface area contributed by atoms with Crippen molar-refractivity contribution in [1.29, 1.82) is 0 Å². The van der Waals surface area contributed by atoms with Gasteiger partial charge in [0.1, 0.15) is 17.7 Å². The smallest absolute Gasteiger partial charge is 0.408 e. The Morgan fingerprint density at radius 1 is 0.882 bits per heavy atom. The summed E-state index contributed by atoms with van der Waals surface area (Å²) in [5.41, 5.74) is 4.21. The molecule has 0 saturated heterocycles. The van der Waals surface area contributed by atoms with Gasteiger partial charge in [-0.15, -0.1) is 0 Å². The SMILES string of the molecule is COC(=O)c1ccc(C(=O)Nc2ccc3c(c2)CN(C(=O)C(NC(=O)OC(C)(C)C)C(C)(C)S)C(C(=O)NC2CCCc4ccccc42)C3)cc1. The minimum Gasteiger partial charge on any atom is -0.465 e. The van der Waals surface area contributed by atoms with Crippen LogP contribution in [0.4, 0.5) is 10.5 Å². The lowest BCUT2D eigenvalue weighted by molar-refractivity contribution is -0.144. The number of aryl methyl sites for hydroxylation is 1. The number of thiol groups is 1. The molecule has 0 fully saturated rings. The third-order valence-corrected chi connectivity index (χ3v) is 9.31. The highest BCUT2D eigenvalue weighted by Crippen LogP contribution is 2.33. The zero-order valence-corrected chi connectivity index (χ0v) is 30.8. The van der Waals surface area contributed by atoms with Gasteiger partial charge in [0, 0.05) is 29.0 Å². The second-order valence-electron chi connectivity index (χ2n) is 14.6. The number of nitrogens with zero attached hydrogens (tertiary/aromatic N) is 1. The maximum atomic E-state index is 14.5. The van der Waals surface area contributed by atoms with Gasteiger partial charge in [0.15, 0.2) is 0 Å². The lowest BCUT2D eigenvalue weighted by Gasteiger charge is -2.41. The van der Waals surface area contributed by atoms with Gasteiger partial charge in [-0.2, -0.15) is 12.6 Å². The number of carbonyl (C=O) groups excluding carboxylic acids is 5. The molecule has 3 atom stereocenters. The van der Waals surface area contributed by atoms with Crippen molar-refractivity contribution in [3.63, 3.8) is 0 Å². The number of benzene rings is 3. The third-order valence-electron chi connectivity index (χ3n) is 9.05. The molecule has 3 unspecified atom stereocenters. The van der Waals surface area contributed by atoms with Gasteiger partial charge in [0.05, 0.1) is 18.7 Å². The Morgan fingerprint density at radius 3 is 2.24 bits per heavy atom. The normalized spacial score (nSPS) is 17.6.